The highest BCUT2D eigenvalue weighted by atomic mass is 79.9. The SMILES string of the molecule is CCCOCCCNc1nc2cc(Br)ccc2s1. The van der Waals surface area contributed by atoms with Crippen molar-refractivity contribution in [3.8, 4) is 0 Å². The summed E-state index contributed by atoms with van der Waals surface area (Å²) in [5, 5.41) is 4.33. The molecule has 0 aliphatic heterocycles. The summed E-state index contributed by atoms with van der Waals surface area (Å²) < 4.78 is 7.71. The van der Waals surface area contributed by atoms with E-state index in [1.807, 2.05) is 12.1 Å². The molecule has 5 heteroatoms. The van der Waals surface area contributed by atoms with Crippen molar-refractivity contribution in [2.24, 2.45) is 0 Å². The summed E-state index contributed by atoms with van der Waals surface area (Å²) in [6, 6.07) is 6.18. The lowest BCUT2D eigenvalue weighted by atomic mass is 10.3. The van der Waals surface area contributed by atoms with Crippen molar-refractivity contribution >= 4 is 42.6 Å². The molecule has 0 aliphatic carbocycles. The zero-order valence-corrected chi connectivity index (χ0v) is 12.8. The van der Waals surface area contributed by atoms with Crippen molar-refractivity contribution in [2.45, 2.75) is 19.8 Å². The van der Waals surface area contributed by atoms with Crippen LogP contribution in [0.15, 0.2) is 22.7 Å². The molecule has 0 fully saturated rings. The Morgan fingerprint density at radius 3 is 3.11 bits per heavy atom. The van der Waals surface area contributed by atoms with E-state index in [0.29, 0.717) is 0 Å². The Hall–Kier alpha value is -0.650. The van der Waals surface area contributed by atoms with Gasteiger partial charge in [-0.2, -0.15) is 0 Å². The molecule has 0 radical (unpaired) electrons. The van der Waals surface area contributed by atoms with Crippen LogP contribution in [0.2, 0.25) is 0 Å². The van der Waals surface area contributed by atoms with Gasteiger partial charge in [-0.05, 0) is 31.0 Å². The standard InChI is InChI=1S/C13H17BrN2OS/c1-2-7-17-8-3-6-15-13-16-11-9-10(14)4-5-12(11)18-13/h4-5,9H,2-3,6-8H2,1H3,(H,15,16). The van der Waals surface area contributed by atoms with Crippen LogP contribution < -0.4 is 5.32 Å². The maximum atomic E-state index is 5.43. The number of benzene rings is 1. The van der Waals surface area contributed by atoms with E-state index in [1.165, 1.54) is 4.70 Å². The maximum Gasteiger partial charge on any atom is 0.183 e. The third kappa shape index (κ3) is 3.93. The average molecular weight is 329 g/mol. The Labute approximate surface area is 120 Å². The largest absolute Gasteiger partial charge is 0.381 e. The summed E-state index contributed by atoms with van der Waals surface area (Å²) in [7, 11) is 0. The van der Waals surface area contributed by atoms with Crippen molar-refractivity contribution < 1.29 is 4.74 Å². The molecule has 0 aliphatic rings. The van der Waals surface area contributed by atoms with E-state index in [4.69, 9.17) is 4.74 Å². The number of aromatic nitrogens is 1. The molecule has 0 bridgehead atoms. The summed E-state index contributed by atoms with van der Waals surface area (Å²) in [5.41, 5.74) is 1.04. The fourth-order valence-electron chi connectivity index (χ4n) is 1.59. The number of nitrogens with one attached hydrogen (secondary N) is 1. The van der Waals surface area contributed by atoms with Gasteiger partial charge in [-0.3, -0.25) is 0 Å². The Bertz CT molecular complexity index is 501. The van der Waals surface area contributed by atoms with E-state index >= 15 is 0 Å². The molecule has 1 aromatic heterocycles. The van der Waals surface area contributed by atoms with Crippen LogP contribution in [0.1, 0.15) is 19.8 Å². The van der Waals surface area contributed by atoms with E-state index in [0.717, 1.165) is 47.7 Å². The van der Waals surface area contributed by atoms with Gasteiger partial charge in [0.25, 0.3) is 0 Å². The second-order valence-electron chi connectivity index (χ2n) is 4.02. The second-order valence-corrected chi connectivity index (χ2v) is 5.97. The van der Waals surface area contributed by atoms with Crippen molar-refractivity contribution in [1.82, 2.24) is 4.98 Å². The highest BCUT2D eigenvalue weighted by Crippen LogP contribution is 2.27. The minimum atomic E-state index is 0.817. The number of thiazole rings is 1. The van der Waals surface area contributed by atoms with Crippen LogP contribution >= 0.6 is 27.3 Å². The first-order valence-corrected chi connectivity index (χ1v) is 7.78. The summed E-state index contributed by atoms with van der Waals surface area (Å²) in [6.45, 7) is 4.70. The smallest absolute Gasteiger partial charge is 0.183 e. The normalized spacial score (nSPS) is 11.0. The molecule has 1 N–H and O–H groups in total. The Balaban J connectivity index is 1.81. The molecule has 0 spiro atoms. The summed E-state index contributed by atoms with van der Waals surface area (Å²) >= 11 is 5.15. The lowest BCUT2D eigenvalue weighted by Gasteiger charge is -2.03. The first-order chi connectivity index (χ1) is 8.79. The van der Waals surface area contributed by atoms with Crippen LogP contribution in [0.5, 0.6) is 0 Å². The summed E-state index contributed by atoms with van der Waals surface area (Å²) in [6.07, 6.45) is 2.10. The molecule has 0 saturated heterocycles. The first kappa shape index (κ1) is 13.8. The summed E-state index contributed by atoms with van der Waals surface area (Å²) in [5.74, 6) is 0. The number of nitrogens with zero attached hydrogens (tertiary/aromatic N) is 1. The monoisotopic (exact) mass is 328 g/mol. The lowest BCUT2D eigenvalue weighted by molar-refractivity contribution is 0.134. The van der Waals surface area contributed by atoms with Gasteiger partial charge in [-0.15, -0.1) is 0 Å². The zero-order valence-electron chi connectivity index (χ0n) is 10.4. The number of fused-ring (bicyclic) bond motifs is 1. The van der Waals surface area contributed by atoms with Crippen molar-refractivity contribution in [2.75, 3.05) is 25.1 Å². The molecule has 0 atom stereocenters. The first-order valence-electron chi connectivity index (χ1n) is 6.17. The fraction of sp³-hybridized carbons (Fsp3) is 0.462. The van der Waals surface area contributed by atoms with Gasteiger partial charge >= 0.3 is 0 Å². The Morgan fingerprint density at radius 2 is 2.28 bits per heavy atom. The topological polar surface area (TPSA) is 34.1 Å². The van der Waals surface area contributed by atoms with Crippen molar-refractivity contribution in [3.05, 3.63) is 22.7 Å². The molecule has 0 unspecified atom stereocenters. The minimum absolute atomic E-state index is 0.817. The van der Waals surface area contributed by atoms with Crippen LogP contribution in [-0.2, 0) is 4.74 Å². The third-order valence-corrected chi connectivity index (χ3v) is 3.93. The molecule has 2 aromatic rings. The number of anilines is 1. The highest BCUT2D eigenvalue weighted by molar-refractivity contribution is 9.10. The molecule has 0 saturated carbocycles. The molecular weight excluding hydrogens is 312 g/mol. The van der Waals surface area contributed by atoms with Gasteiger partial charge in [-0.25, -0.2) is 4.98 Å². The van der Waals surface area contributed by atoms with E-state index in [1.54, 1.807) is 11.3 Å². The van der Waals surface area contributed by atoms with Crippen LogP contribution in [0.25, 0.3) is 10.2 Å². The van der Waals surface area contributed by atoms with Gasteiger partial charge in [0.05, 0.1) is 10.2 Å². The van der Waals surface area contributed by atoms with Crippen LogP contribution in [0.3, 0.4) is 0 Å². The molecule has 1 aromatic carbocycles. The van der Waals surface area contributed by atoms with Gasteiger partial charge in [0, 0.05) is 24.2 Å². The van der Waals surface area contributed by atoms with Gasteiger partial charge < -0.3 is 10.1 Å². The number of ether oxygens (including phenoxy) is 1. The third-order valence-electron chi connectivity index (χ3n) is 2.44. The number of rotatable bonds is 7. The highest BCUT2D eigenvalue weighted by Gasteiger charge is 2.03. The van der Waals surface area contributed by atoms with E-state index in [2.05, 4.69) is 39.2 Å². The average Bonchev–Trinajstić information content (AvgIpc) is 2.75. The predicted molar refractivity (Wildman–Crippen MR) is 81.5 cm³/mol. The van der Waals surface area contributed by atoms with Crippen molar-refractivity contribution in [1.29, 1.82) is 0 Å². The zero-order chi connectivity index (χ0) is 12.8. The van der Waals surface area contributed by atoms with E-state index in [9.17, 15) is 0 Å². The van der Waals surface area contributed by atoms with E-state index < -0.39 is 0 Å². The quantitative estimate of drug-likeness (QED) is 0.770. The summed E-state index contributed by atoms with van der Waals surface area (Å²) in [4.78, 5) is 4.54. The lowest BCUT2D eigenvalue weighted by Crippen LogP contribution is -2.05. The van der Waals surface area contributed by atoms with Gasteiger partial charge in [0.2, 0.25) is 0 Å². The van der Waals surface area contributed by atoms with Crippen molar-refractivity contribution in [3.63, 3.8) is 0 Å². The Kier molecular flexibility index (Phi) is 5.41. The second kappa shape index (κ2) is 7.07. The minimum Gasteiger partial charge on any atom is -0.381 e. The fourth-order valence-corrected chi connectivity index (χ4v) is 2.81. The number of halogens is 1. The van der Waals surface area contributed by atoms with Gasteiger partial charge in [0.1, 0.15) is 0 Å². The molecular formula is C13H17BrN2OS. The number of hydrogen-bond acceptors (Lipinski definition) is 4. The predicted octanol–water partition coefficient (Wildman–Crippen LogP) is 4.29. The van der Waals surface area contributed by atoms with Crippen LogP contribution in [0, 0.1) is 0 Å². The van der Waals surface area contributed by atoms with Gasteiger partial charge in [0.15, 0.2) is 5.13 Å². The molecule has 2 rings (SSSR count). The van der Waals surface area contributed by atoms with Crippen LogP contribution in [-0.4, -0.2) is 24.7 Å². The van der Waals surface area contributed by atoms with E-state index in [-0.39, 0.29) is 0 Å². The molecule has 18 heavy (non-hydrogen) atoms. The van der Waals surface area contributed by atoms with Gasteiger partial charge in [-0.1, -0.05) is 34.2 Å². The molecule has 0 amide bonds. The molecule has 1 heterocycles. The number of hydrogen-bond donors (Lipinski definition) is 1. The van der Waals surface area contributed by atoms with Crippen LogP contribution in [0.4, 0.5) is 5.13 Å². The molecule has 98 valence electrons. The molecule has 3 nitrogen and oxygen atoms in total. The Morgan fingerprint density at radius 1 is 1.39 bits per heavy atom. The maximum absolute atomic E-state index is 5.43.